The first kappa shape index (κ1) is 19.4. The number of nitrogens with one attached hydrogen (secondary N) is 2. The van der Waals surface area contributed by atoms with Crippen LogP contribution in [0.2, 0.25) is 0 Å². The summed E-state index contributed by atoms with van der Waals surface area (Å²) in [5, 5.41) is 6.71. The van der Waals surface area contributed by atoms with E-state index in [9.17, 15) is 9.59 Å². The lowest BCUT2D eigenvalue weighted by Crippen LogP contribution is -2.23. The lowest BCUT2D eigenvalue weighted by Gasteiger charge is -2.13. The Kier molecular flexibility index (Phi) is 6.16. The molecular formula is C21H26N2O3S. The molecule has 1 aromatic heterocycles. The van der Waals surface area contributed by atoms with Crippen molar-refractivity contribution in [1.82, 2.24) is 0 Å². The number of thiophene rings is 1. The molecule has 1 heterocycles. The molecule has 2 N–H and O–H groups in total. The predicted molar refractivity (Wildman–Crippen MR) is 110 cm³/mol. The number of rotatable bonds is 6. The maximum absolute atomic E-state index is 12.5. The summed E-state index contributed by atoms with van der Waals surface area (Å²) < 4.78 is 5.23. The van der Waals surface area contributed by atoms with Gasteiger partial charge in [0, 0.05) is 10.6 Å². The summed E-state index contributed by atoms with van der Waals surface area (Å²) in [7, 11) is 0. The average Bonchev–Trinajstić information content (AvgIpc) is 2.99. The highest BCUT2D eigenvalue weighted by Gasteiger charge is 2.27. The summed E-state index contributed by atoms with van der Waals surface area (Å²) in [4.78, 5) is 26.1. The van der Waals surface area contributed by atoms with Gasteiger partial charge in [0.05, 0.1) is 18.7 Å². The van der Waals surface area contributed by atoms with E-state index in [1.807, 2.05) is 26.0 Å². The highest BCUT2D eigenvalue weighted by Crippen LogP contribution is 2.38. The number of carbonyl (C=O) groups excluding carboxylic acids is 2. The molecule has 1 aliphatic rings. The number of amides is 1. The number of carbonyl (C=O) groups is 2. The van der Waals surface area contributed by atoms with Gasteiger partial charge in [0.1, 0.15) is 5.00 Å². The van der Waals surface area contributed by atoms with Crippen molar-refractivity contribution in [2.75, 3.05) is 23.8 Å². The third-order valence-corrected chi connectivity index (χ3v) is 5.93. The first-order valence-electron chi connectivity index (χ1n) is 9.42. The van der Waals surface area contributed by atoms with E-state index in [1.54, 1.807) is 6.92 Å². The standard InChI is InChI=1S/C21H26N2O3S/c1-4-26-21(25)19-15-7-5-6-8-17(15)27-20(19)23-18(24)12-22-16-10-9-13(2)11-14(16)3/h9-11,22H,4-8,12H2,1-3H3,(H,23,24). The number of hydrogen-bond donors (Lipinski definition) is 2. The van der Waals surface area contributed by atoms with E-state index in [0.29, 0.717) is 17.2 Å². The third-order valence-electron chi connectivity index (χ3n) is 4.73. The van der Waals surface area contributed by atoms with Gasteiger partial charge in [-0.15, -0.1) is 11.3 Å². The van der Waals surface area contributed by atoms with E-state index in [0.717, 1.165) is 42.5 Å². The molecule has 0 saturated carbocycles. The van der Waals surface area contributed by atoms with Gasteiger partial charge in [-0.25, -0.2) is 4.79 Å². The molecule has 6 heteroatoms. The van der Waals surface area contributed by atoms with Crippen LogP contribution in [0.4, 0.5) is 10.7 Å². The fourth-order valence-corrected chi connectivity index (χ4v) is 4.72. The van der Waals surface area contributed by atoms with E-state index < -0.39 is 0 Å². The Morgan fingerprint density at radius 1 is 1.19 bits per heavy atom. The minimum absolute atomic E-state index is 0.148. The Morgan fingerprint density at radius 3 is 2.70 bits per heavy atom. The summed E-state index contributed by atoms with van der Waals surface area (Å²) in [6, 6.07) is 6.07. The van der Waals surface area contributed by atoms with Crippen LogP contribution in [-0.2, 0) is 22.4 Å². The fourth-order valence-electron chi connectivity index (χ4n) is 3.43. The topological polar surface area (TPSA) is 67.4 Å². The summed E-state index contributed by atoms with van der Waals surface area (Å²) in [5.41, 5.74) is 4.83. The molecule has 0 aliphatic heterocycles. The Bertz CT molecular complexity index is 857. The Hall–Kier alpha value is -2.34. The van der Waals surface area contributed by atoms with E-state index in [1.165, 1.54) is 21.8 Å². The van der Waals surface area contributed by atoms with Crippen LogP contribution in [-0.4, -0.2) is 25.0 Å². The summed E-state index contributed by atoms with van der Waals surface area (Å²) in [6.07, 6.45) is 4.02. The molecule has 1 amide bonds. The second-order valence-electron chi connectivity index (χ2n) is 6.86. The second-order valence-corrected chi connectivity index (χ2v) is 7.96. The van der Waals surface area contributed by atoms with Gasteiger partial charge in [-0.1, -0.05) is 17.7 Å². The van der Waals surface area contributed by atoms with Gasteiger partial charge in [-0.2, -0.15) is 0 Å². The molecule has 2 aromatic rings. The predicted octanol–water partition coefficient (Wildman–Crippen LogP) is 4.47. The molecule has 144 valence electrons. The normalized spacial score (nSPS) is 13.0. The minimum Gasteiger partial charge on any atom is -0.462 e. The zero-order chi connectivity index (χ0) is 19.4. The maximum Gasteiger partial charge on any atom is 0.341 e. The number of aryl methyl sites for hydroxylation is 3. The van der Waals surface area contributed by atoms with Crippen molar-refractivity contribution in [2.45, 2.75) is 46.5 Å². The smallest absolute Gasteiger partial charge is 0.341 e. The minimum atomic E-state index is -0.338. The van der Waals surface area contributed by atoms with E-state index in [2.05, 4.69) is 16.7 Å². The van der Waals surface area contributed by atoms with Crippen molar-refractivity contribution in [1.29, 1.82) is 0 Å². The molecule has 0 saturated heterocycles. The van der Waals surface area contributed by atoms with Crippen molar-refractivity contribution in [3.63, 3.8) is 0 Å². The van der Waals surface area contributed by atoms with Gasteiger partial charge in [-0.05, 0) is 63.6 Å². The number of benzene rings is 1. The fraction of sp³-hybridized carbons (Fsp3) is 0.429. The van der Waals surface area contributed by atoms with Crippen LogP contribution >= 0.6 is 11.3 Å². The number of ether oxygens (including phenoxy) is 1. The first-order valence-corrected chi connectivity index (χ1v) is 10.2. The summed E-state index contributed by atoms with van der Waals surface area (Å²) >= 11 is 1.51. The molecule has 1 aliphatic carbocycles. The van der Waals surface area contributed by atoms with Crippen LogP contribution in [0.3, 0.4) is 0 Å². The summed E-state index contributed by atoms with van der Waals surface area (Å²) in [5.74, 6) is -0.506. The van der Waals surface area contributed by atoms with Crippen LogP contribution in [0.25, 0.3) is 0 Å². The van der Waals surface area contributed by atoms with Gasteiger partial charge in [0.25, 0.3) is 0 Å². The largest absolute Gasteiger partial charge is 0.462 e. The molecule has 1 aromatic carbocycles. The lowest BCUT2D eigenvalue weighted by molar-refractivity contribution is -0.114. The van der Waals surface area contributed by atoms with Crippen LogP contribution in [0.15, 0.2) is 18.2 Å². The van der Waals surface area contributed by atoms with Crippen molar-refractivity contribution < 1.29 is 14.3 Å². The van der Waals surface area contributed by atoms with Gasteiger partial charge < -0.3 is 15.4 Å². The molecule has 0 spiro atoms. The number of esters is 1. The van der Waals surface area contributed by atoms with Crippen LogP contribution in [0.5, 0.6) is 0 Å². The molecule has 0 unspecified atom stereocenters. The zero-order valence-electron chi connectivity index (χ0n) is 16.1. The van der Waals surface area contributed by atoms with Gasteiger partial charge >= 0.3 is 5.97 Å². The van der Waals surface area contributed by atoms with Crippen molar-refractivity contribution in [2.24, 2.45) is 0 Å². The van der Waals surface area contributed by atoms with Crippen molar-refractivity contribution in [3.8, 4) is 0 Å². The van der Waals surface area contributed by atoms with Crippen LogP contribution < -0.4 is 10.6 Å². The van der Waals surface area contributed by atoms with Crippen molar-refractivity contribution in [3.05, 3.63) is 45.3 Å². The zero-order valence-corrected chi connectivity index (χ0v) is 16.9. The first-order chi connectivity index (χ1) is 13.0. The van der Waals surface area contributed by atoms with Gasteiger partial charge in [0.2, 0.25) is 5.91 Å². The van der Waals surface area contributed by atoms with Crippen LogP contribution in [0.1, 0.15) is 51.7 Å². The van der Waals surface area contributed by atoms with Gasteiger partial charge in [0.15, 0.2) is 0 Å². The maximum atomic E-state index is 12.5. The van der Waals surface area contributed by atoms with E-state index >= 15 is 0 Å². The third kappa shape index (κ3) is 4.50. The number of anilines is 2. The second kappa shape index (κ2) is 8.57. The molecule has 3 rings (SSSR count). The highest BCUT2D eigenvalue weighted by molar-refractivity contribution is 7.17. The Balaban J connectivity index is 1.73. The molecule has 0 fully saturated rings. The summed E-state index contributed by atoms with van der Waals surface area (Å²) in [6.45, 7) is 6.32. The van der Waals surface area contributed by atoms with Crippen molar-refractivity contribution >= 4 is 33.9 Å². The average molecular weight is 387 g/mol. The number of fused-ring (bicyclic) bond motifs is 1. The monoisotopic (exact) mass is 386 g/mol. The van der Waals surface area contributed by atoms with E-state index in [4.69, 9.17) is 4.74 Å². The SMILES string of the molecule is CCOC(=O)c1c(NC(=O)CNc2ccc(C)cc2C)sc2c1CCCC2. The molecular weight excluding hydrogens is 360 g/mol. The molecule has 0 bridgehead atoms. The van der Waals surface area contributed by atoms with Gasteiger partial charge in [-0.3, -0.25) is 4.79 Å². The Morgan fingerprint density at radius 2 is 1.96 bits per heavy atom. The Labute approximate surface area is 164 Å². The number of hydrogen-bond acceptors (Lipinski definition) is 5. The van der Waals surface area contributed by atoms with E-state index in [-0.39, 0.29) is 18.4 Å². The lowest BCUT2D eigenvalue weighted by atomic mass is 9.95. The molecule has 0 atom stereocenters. The molecule has 5 nitrogen and oxygen atoms in total. The quantitative estimate of drug-likeness (QED) is 0.719. The molecule has 0 radical (unpaired) electrons. The highest BCUT2D eigenvalue weighted by atomic mass is 32.1. The van der Waals surface area contributed by atoms with Crippen LogP contribution in [0, 0.1) is 13.8 Å². The molecule has 27 heavy (non-hydrogen) atoms.